The van der Waals surface area contributed by atoms with Crippen molar-refractivity contribution in [2.24, 2.45) is 4.99 Å². The number of amidine groups is 1. The lowest BCUT2D eigenvalue weighted by molar-refractivity contribution is 0.346. The van der Waals surface area contributed by atoms with Crippen LogP contribution in [0, 0.1) is 0 Å². The van der Waals surface area contributed by atoms with Gasteiger partial charge in [-0.2, -0.15) is 0 Å². The van der Waals surface area contributed by atoms with Crippen molar-refractivity contribution in [3.05, 3.63) is 29.3 Å². The van der Waals surface area contributed by atoms with Gasteiger partial charge in [0.05, 0.1) is 6.54 Å². The molecule has 0 saturated heterocycles. The van der Waals surface area contributed by atoms with Gasteiger partial charge in [-0.05, 0) is 42.9 Å². The summed E-state index contributed by atoms with van der Waals surface area (Å²) < 4.78 is 5.39. The van der Waals surface area contributed by atoms with Crippen molar-refractivity contribution in [1.82, 2.24) is 0 Å². The van der Waals surface area contributed by atoms with E-state index in [0.29, 0.717) is 12.6 Å². The molecule has 3 nitrogen and oxygen atoms in total. The summed E-state index contributed by atoms with van der Waals surface area (Å²) in [6.07, 6.45) is 4.98. The van der Waals surface area contributed by atoms with Gasteiger partial charge in [-0.3, -0.25) is 0 Å². The minimum atomic E-state index is 0. The molecule has 0 atom stereocenters. The van der Waals surface area contributed by atoms with Crippen LogP contribution in [0.5, 0.6) is 0 Å². The van der Waals surface area contributed by atoms with Crippen LogP contribution in [0.2, 0.25) is 0 Å². The molecule has 0 fully saturated rings. The monoisotopic (exact) mass is 252 g/mol. The number of aryl methyl sites for hydroxylation is 1. The maximum Gasteiger partial charge on any atom is 0.289 e. The molecule has 4 heteroatoms. The Morgan fingerprint density at radius 1 is 1.18 bits per heavy atom. The highest BCUT2D eigenvalue weighted by molar-refractivity contribution is 5.90. The molecule has 0 radical (unpaired) electrons. The standard InChI is InChI=1S/C13H16N2O.ClH/c1-2-6-11-10(4-1)5-3-7-12(11)15-13-14-8-9-16-13;/h3,5,7H,1-2,4,6,8-9H2,(H,14,15);1H. The number of aliphatic imine (C=N–C) groups is 1. The maximum atomic E-state index is 5.39. The molecule has 1 aromatic rings. The number of anilines is 1. The molecule has 0 amide bonds. The molecule has 17 heavy (non-hydrogen) atoms. The van der Waals surface area contributed by atoms with Gasteiger partial charge in [-0.15, -0.1) is 12.4 Å². The fourth-order valence-corrected chi connectivity index (χ4v) is 2.42. The summed E-state index contributed by atoms with van der Waals surface area (Å²) in [5.74, 6) is 0. The van der Waals surface area contributed by atoms with Crippen LogP contribution in [0.3, 0.4) is 0 Å². The van der Waals surface area contributed by atoms with Gasteiger partial charge in [0, 0.05) is 5.69 Å². The number of halogens is 1. The first-order valence-electron chi connectivity index (χ1n) is 5.98. The summed E-state index contributed by atoms with van der Waals surface area (Å²) in [6.45, 7) is 1.48. The average Bonchev–Trinajstić information content (AvgIpc) is 2.82. The van der Waals surface area contributed by atoms with Gasteiger partial charge in [0.1, 0.15) is 6.61 Å². The van der Waals surface area contributed by atoms with Crippen LogP contribution in [-0.4, -0.2) is 19.2 Å². The van der Waals surface area contributed by atoms with Crippen LogP contribution in [0.4, 0.5) is 5.69 Å². The summed E-state index contributed by atoms with van der Waals surface area (Å²) in [4.78, 5) is 4.26. The molecular formula is C13H17ClN2O. The molecule has 1 N–H and O–H groups in total. The van der Waals surface area contributed by atoms with Gasteiger partial charge in [0.25, 0.3) is 6.02 Å². The summed E-state index contributed by atoms with van der Waals surface area (Å²) in [7, 11) is 0. The maximum absolute atomic E-state index is 5.39. The number of benzene rings is 1. The highest BCUT2D eigenvalue weighted by atomic mass is 35.5. The van der Waals surface area contributed by atoms with Crippen molar-refractivity contribution in [3.8, 4) is 0 Å². The zero-order valence-corrected chi connectivity index (χ0v) is 10.6. The van der Waals surface area contributed by atoms with E-state index in [2.05, 4.69) is 28.5 Å². The molecule has 0 aromatic heterocycles. The van der Waals surface area contributed by atoms with Gasteiger partial charge < -0.3 is 10.1 Å². The van der Waals surface area contributed by atoms with Crippen LogP contribution >= 0.6 is 12.4 Å². The fraction of sp³-hybridized carbons (Fsp3) is 0.462. The van der Waals surface area contributed by atoms with Gasteiger partial charge in [-0.1, -0.05) is 12.1 Å². The molecule has 1 aliphatic heterocycles. The smallest absolute Gasteiger partial charge is 0.289 e. The number of rotatable bonds is 1. The van der Waals surface area contributed by atoms with Gasteiger partial charge in [0.2, 0.25) is 0 Å². The summed E-state index contributed by atoms with van der Waals surface area (Å²) >= 11 is 0. The molecule has 2 aliphatic rings. The van der Waals surface area contributed by atoms with Crippen molar-refractivity contribution >= 4 is 24.1 Å². The van der Waals surface area contributed by atoms with Crippen LogP contribution in [0.25, 0.3) is 0 Å². The minimum absolute atomic E-state index is 0. The first-order valence-corrected chi connectivity index (χ1v) is 5.98. The number of fused-ring (bicyclic) bond motifs is 1. The van der Waals surface area contributed by atoms with Gasteiger partial charge >= 0.3 is 0 Å². The van der Waals surface area contributed by atoms with E-state index in [1.807, 2.05) is 0 Å². The highest BCUT2D eigenvalue weighted by Gasteiger charge is 2.15. The number of ether oxygens (including phenoxy) is 1. The molecule has 3 rings (SSSR count). The van der Waals surface area contributed by atoms with Crippen molar-refractivity contribution in [2.45, 2.75) is 25.7 Å². The first kappa shape index (κ1) is 12.2. The van der Waals surface area contributed by atoms with E-state index in [1.54, 1.807) is 0 Å². The molecule has 92 valence electrons. The predicted octanol–water partition coefficient (Wildman–Crippen LogP) is 2.79. The summed E-state index contributed by atoms with van der Waals surface area (Å²) in [6, 6.07) is 7.15. The third-order valence-corrected chi connectivity index (χ3v) is 3.22. The molecule has 0 unspecified atom stereocenters. The largest absolute Gasteiger partial charge is 0.463 e. The summed E-state index contributed by atoms with van der Waals surface area (Å²) in [5, 5.41) is 3.30. The topological polar surface area (TPSA) is 33.6 Å². The van der Waals surface area contributed by atoms with E-state index in [0.717, 1.165) is 6.54 Å². The third kappa shape index (κ3) is 2.55. The minimum Gasteiger partial charge on any atom is -0.463 e. The van der Waals surface area contributed by atoms with E-state index in [9.17, 15) is 0 Å². The van der Waals surface area contributed by atoms with Crippen LogP contribution in [0.1, 0.15) is 24.0 Å². The number of nitrogens with zero attached hydrogens (tertiary/aromatic N) is 1. The van der Waals surface area contributed by atoms with Crippen LogP contribution in [0.15, 0.2) is 23.2 Å². The molecule has 0 bridgehead atoms. The van der Waals surface area contributed by atoms with E-state index in [-0.39, 0.29) is 12.4 Å². The van der Waals surface area contributed by atoms with Crippen molar-refractivity contribution in [2.75, 3.05) is 18.5 Å². The Labute approximate surface area is 108 Å². The second kappa shape index (κ2) is 5.41. The Morgan fingerprint density at radius 2 is 2.06 bits per heavy atom. The second-order valence-electron chi connectivity index (χ2n) is 4.31. The Bertz CT molecular complexity index is 431. The summed E-state index contributed by atoms with van der Waals surface area (Å²) in [5.41, 5.74) is 4.11. The predicted molar refractivity (Wildman–Crippen MR) is 72.2 cm³/mol. The van der Waals surface area contributed by atoms with E-state index >= 15 is 0 Å². The Kier molecular flexibility index (Phi) is 3.89. The molecule has 1 aromatic carbocycles. The highest BCUT2D eigenvalue weighted by Crippen LogP contribution is 2.28. The molecular weight excluding hydrogens is 236 g/mol. The van der Waals surface area contributed by atoms with E-state index < -0.39 is 0 Å². The fourth-order valence-electron chi connectivity index (χ4n) is 2.42. The Balaban J connectivity index is 0.00000108. The second-order valence-corrected chi connectivity index (χ2v) is 4.31. The lowest BCUT2D eigenvalue weighted by Crippen LogP contribution is -2.15. The SMILES string of the molecule is Cl.c1cc2c(c(NC3=NCCO3)c1)CCCC2. The molecule has 0 spiro atoms. The van der Waals surface area contributed by atoms with Crippen molar-refractivity contribution in [1.29, 1.82) is 0 Å². The molecule has 0 saturated carbocycles. The lowest BCUT2D eigenvalue weighted by atomic mass is 9.90. The Morgan fingerprint density at radius 3 is 2.88 bits per heavy atom. The zero-order valence-electron chi connectivity index (χ0n) is 9.74. The number of hydrogen-bond acceptors (Lipinski definition) is 3. The first-order chi connectivity index (χ1) is 7.93. The van der Waals surface area contributed by atoms with Crippen molar-refractivity contribution < 1.29 is 4.74 Å². The normalized spacial score (nSPS) is 17.5. The van der Waals surface area contributed by atoms with Crippen LogP contribution in [-0.2, 0) is 17.6 Å². The number of hydrogen-bond donors (Lipinski definition) is 1. The molecule has 1 heterocycles. The van der Waals surface area contributed by atoms with Crippen molar-refractivity contribution in [3.63, 3.8) is 0 Å². The van der Waals surface area contributed by atoms with E-state index in [4.69, 9.17) is 4.74 Å². The van der Waals surface area contributed by atoms with Crippen LogP contribution < -0.4 is 5.32 Å². The van der Waals surface area contributed by atoms with E-state index in [1.165, 1.54) is 42.5 Å². The van der Waals surface area contributed by atoms with Gasteiger partial charge in [-0.25, -0.2) is 4.99 Å². The van der Waals surface area contributed by atoms with Gasteiger partial charge in [0.15, 0.2) is 0 Å². The lowest BCUT2D eigenvalue weighted by Gasteiger charge is -2.19. The zero-order chi connectivity index (χ0) is 10.8. The third-order valence-electron chi connectivity index (χ3n) is 3.22. The average molecular weight is 253 g/mol. The quantitative estimate of drug-likeness (QED) is 0.834. The number of nitrogens with one attached hydrogen (secondary N) is 1. The molecule has 1 aliphatic carbocycles. The Hall–Kier alpha value is -1.22.